The van der Waals surface area contributed by atoms with Gasteiger partial charge in [0.15, 0.2) is 0 Å². The van der Waals surface area contributed by atoms with E-state index in [9.17, 15) is 9.90 Å². The molecule has 0 rings (SSSR count). The van der Waals surface area contributed by atoms with Crippen molar-refractivity contribution in [2.24, 2.45) is 5.92 Å². The molecule has 0 saturated heterocycles. The summed E-state index contributed by atoms with van der Waals surface area (Å²) in [6.07, 6.45) is -0.712. The highest BCUT2D eigenvalue weighted by Gasteiger charge is 2.50. The zero-order valence-electron chi connectivity index (χ0n) is 13.9. The fourth-order valence-corrected chi connectivity index (χ4v) is 9.88. The summed E-state index contributed by atoms with van der Waals surface area (Å²) in [5.41, 5.74) is 1.50. The van der Waals surface area contributed by atoms with Gasteiger partial charge in [-0.3, -0.25) is 0 Å². The largest absolute Gasteiger partial charge is 0.388 e. The molecule has 0 aromatic rings. The van der Waals surface area contributed by atoms with E-state index >= 15 is 0 Å². The topological polar surface area (TPSA) is 37.3 Å². The lowest BCUT2D eigenvalue weighted by Crippen LogP contribution is -2.54. The van der Waals surface area contributed by atoms with Crippen molar-refractivity contribution in [2.45, 2.75) is 78.1 Å². The third-order valence-electron chi connectivity index (χ3n) is 4.54. The standard InChI is InChI=1S/C16H32O2Si/c1-10(2)15(17)14(9)16(18)19(11(3)4,12(5)6)13(7)8/h10-13,15,17H,9H2,1-8H3. The summed E-state index contributed by atoms with van der Waals surface area (Å²) in [6.45, 7) is 20.7. The Morgan fingerprint density at radius 1 is 0.895 bits per heavy atom. The average molecular weight is 285 g/mol. The van der Waals surface area contributed by atoms with Crippen molar-refractivity contribution in [1.82, 2.24) is 0 Å². The Labute approximate surface area is 120 Å². The first-order valence-corrected chi connectivity index (χ1v) is 9.65. The molecule has 1 atom stereocenters. The fourth-order valence-electron chi connectivity index (χ4n) is 3.60. The van der Waals surface area contributed by atoms with Crippen molar-refractivity contribution >= 4 is 13.5 Å². The summed E-state index contributed by atoms with van der Waals surface area (Å²) >= 11 is 0. The second-order valence-corrected chi connectivity index (χ2v) is 12.7. The molecule has 0 aliphatic rings. The molecule has 0 saturated carbocycles. The van der Waals surface area contributed by atoms with Crippen LogP contribution in [0.1, 0.15) is 55.4 Å². The SMILES string of the molecule is C=C(C(=O)[Si](C(C)C)(C(C)C)C(C)C)C(O)C(C)C. The third-order valence-corrected chi connectivity index (χ3v) is 11.4. The van der Waals surface area contributed by atoms with E-state index in [1.807, 2.05) is 13.8 Å². The lowest BCUT2D eigenvalue weighted by Gasteiger charge is -2.42. The summed E-state index contributed by atoms with van der Waals surface area (Å²) in [6, 6.07) is 0. The second-order valence-electron chi connectivity index (χ2n) is 6.94. The van der Waals surface area contributed by atoms with Crippen LogP contribution >= 0.6 is 0 Å². The smallest absolute Gasteiger partial charge is 0.146 e. The van der Waals surface area contributed by atoms with Crippen LogP contribution in [0.15, 0.2) is 12.2 Å². The maximum atomic E-state index is 13.0. The van der Waals surface area contributed by atoms with Crippen molar-refractivity contribution in [2.75, 3.05) is 0 Å². The highest BCUT2D eigenvalue weighted by atomic mass is 28.3. The monoisotopic (exact) mass is 284 g/mol. The number of carbonyl (C=O) groups excluding carboxylic acids is 1. The molecule has 0 aromatic carbocycles. The van der Waals surface area contributed by atoms with Crippen molar-refractivity contribution < 1.29 is 9.90 Å². The quantitative estimate of drug-likeness (QED) is 0.557. The molecular weight excluding hydrogens is 252 g/mol. The molecule has 0 spiro atoms. The highest BCUT2D eigenvalue weighted by Crippen LogP contribution is 2.43. The molecule has 1 unspecified atom stereocenters. The Kier molecular flexibility index (Phi) is 6.70. The van der Waals surface area contributed by atoms with Crippen LogP contribution in [0.5, 0.6) is 0 Å². The maximum absolute atomic E-state index is 13.0. The molecule has 0 aliphatic carbocycles. The number of carbonyl (C=O) groups is 1. The molecule has 0 aromatic heterocycles. The molecule has 0 amide bonds. The van der Waals surface area contributed by atoms with Crippen molar-refractivity contribution in [3.8, 4) is 0 Å². The molecule has 0 aliphatic heterocycles. The van der Waals surface area contributed by atoms with Crippen molar-refractivity contribution in [3.05, 3.63) is 12.2 Å². The summed E-state index contributed by atoms with van der Waals surface area (Å²) in [5, 5.41) is 10.4. The normalized spacial score (nSPS) is 14.6. The highest BCUT2D eigenvalue weighted by molar-refractivity contribution is 7.10. The molecule has 2 nitrogen and oxygen atoms in total. The van der Waals surface area contributed by atoms with E-state index in [-0.39, 0.29) is 11.3 Å². The number of hydrogen-bond acceptors (Lipinski definition) is 2. The second kappa shape index (κ2) is 6.85. The molecule has 0 radical (unpaired) electrons. The van der Waals surface area contributed by atoms with Crippen LogP contribution in [0.4, 0.5) is 0 Å². The molecule has 0 heterocycles. The van der Waals surface area contributed by atoms with Crippen LogP contribution in [0.2, 0.25) is 16.6 Å². The van der Waals surface area contributed by atoms with Gasteiger partial charge in [0.05, 0.1) is 6.10 Å². The van der Waals surface area contributed by atoms with Crippen LogP contribution in [0.25, 0.3) is 0 Å². The van der Waals surface area contributed by atoms with E-state index in [0.717, 1.165) is 0 Å². The van der Waals surface area contributed by atoms with Gasteiger partial charge in [-0.15, -0.1) is 0 Å². The number of aliphatic hydroxyl groups is 1. The van der Waals surface area contributed by atoms with Crippen LogP contribution in [-0.2, 0) is 4.79 Å². The van der Waals surface area contributed by atoms with Crippen LogP contribution in [0.3, 0.4) is 0 Å². The first-order valence-electron chi connectivity index (χ1n) is 7.42. The van der Waals surface area contributed by atoms with E-state index < -0.39 is 14.2 Å². The van der Waals surface area contributed by atoms with Crippen molar-refractivity contribution in [1.29, 1.82) is 0 Å². The van der Waals surface area contributed by atoms with Gasteiger partial charge in [0.2, 0.25) is 0 Å². The van der Waals surface area contributed by atoms with Gasteiger partial charge in [-0.2, -0.15) is 0 Å². The van der Waals surface area contributed by atoms with Gasteiger partial charge in [0.1, 0.15) is 13.5 Å². The number of hydrogen-bond donors (Lipinski definition) is 1. The molecule has 3 heteroatoms. The predicted molar refractivity (Wildman–Crippen MR) is 86.0 cm³/mol. The minimum absolute atomic E-state index is 0.0367. The Bertz CT molecular complexity index is 308. The Morgan fingerprint density at radius 2 is 1.21 bits per heavy atom. The lowest BCUT2D eigenvalue weighted by atomic mass is 10.0. The van der Waals surface area contributed by atoms with E-state index in [1.165, 1.54) is 0 Å². The van der Waals surface area contributed by atoms with Gasteiger partial charge < -0.3 is 9.90 Å². The van der Waals surface area contributed by atoms with E-state index in [2.05, 4.69) is 48.1 Å². The Hall–Kier alpha value is -0.413. The zero-order chi connectivity index (χ0) is 15.5. The molecule has 0 fully saturated rings. The maximum Gasteiger partial charge on any atom is 0.146 e. The van der Waals surface area contributed by atoms with Gasteiger partial charge in [0, 0.05) is 5.57 Å². The van der Waals surface area contributed by atoms with Gasteiger partial charge in [-0.05, 0) is 22.5 Å². The van der Waals surface area contributed by atoms with E-state index in [1.54, 1.807) is 0 Å². The average Bonchev–Trinajstić information content (AvgIpc) is 2.25. The van der Waals surface area contributed by atoms with Gasteiger partial charge in [-0.1, -0.05) is 62.0 Å². The van der Waals surface area contributed by atoms with Gasteiger partial charge in [-0.25, -0.2) is 0 Å². The fraction of sp³-hybridized carbons (Fsp3) is 0.812. The summed E-state index contributed by atoms with van der Waals surface area (Å²) in [5.74, 6) is 0.0367. The van der Waals surface area contributed by atoms with E-state index in [0.29, 0.717) is 22.2 Å². The van der Waals surface area contributed by atoms with Crippen LogP contribution in [-0.4, -0.2) is 24.7 Å². The molecule has 1 N–H and O–H groups in total. The Balaban J connectivity index is 5.65. The van der Waals surface area contributed by atoms with Crippen molar-refractivity contribution in [3.63, 3.8) is 0 Å². The summed E-state index contributed by atoms with van der Waals surface area (Å²) < 4.78 is 0. The first-order chi connectivity index (χ1) is 8.51. The minimum atomic E-state index is -2.20. The van der Waals surface area contributed by atoms with Gasteiger partial charge >= 0.3 is 0 Å². The number of rotatable bonds is 7. The summed E-state index contributed by atoms with van der Waals surface area (Å²) in [7, 11) is -2.20. The van der Waals surface area contributed by atoms with Crippen LogP contribution in [0, 0.1) is 5.92 Å². The minimum Gasteiger partial charge on any atom is -0.388 e. The zero-order valence-corrected chi connectivity index (χ0v) is 14.9. The molecule has 19 heavy (non-hydrogen) atoms. The lowest BCUT2D eigenvalue weighted by molar-refractivity contribution is -0.111. The molecular formula is C16H32O2Si. The van der Waals surface area contributed by atoms with Crippen LogP contribution < -0.4 is 0 Å². The Morgan fingerprint density at radius 3 is 1.42 bits per heavy atom. The first kappa shape index (κ1) is 18.6. The van der Waals surface area contributed by atoms with E-state index in [4.69, 9.17) is 0 Å². The molecule has 112 valence electrons. The summed E-state index contributed by atoms with van der Waals surface area (Å²) in [4.78, 5) is 13.0. The molecule has 0 bridgehead atoms. The number of aliphatic hydroxyl groups excluding tert-OH is 1. The predicted octanol–water partition coefficient (Wildman–Crippen LogP) is 4.35. The third kappa shape index (κ3) is 3.37. The van der Waals surface area contributed by atoms with Gasteiger partial charge in [0.25, 0.3) is 0 Å².